The molecule has 0 aliphatic carbocycles. The zero-order valence-corrected chi connectivity index (χ0v) is 11.9. The summed E-state index contributed by atoms with van der Waals surface area (Å²) in [5.74, 6) is -0.419. The van der Waals surface area contributed by atoms with Crippen LogP contribution < -0.4 is 5.32 Å². The number of hydrogen-bond acceptors (Lipinski definition) is 5. The zero-order chi connectivity index (χ0) is 14.3. The average Bonchev–Trinajstić information content (AvgIpc) is 2.34. The van der Waals surface area contributed by atoms with Crippen LogP contribution in [-0.2, 0) is 19.4 Å². The highest BCUT2D eigenvalue weighted by atomic mass is 32.2. The van der Waals surface area contributed by atoms with Crippen LogP contribution in [0.15, 0.2) is 30.3 Å². The van der Waals surface area contributed by atoms with E-state index >= 15 is 0 Å². The first kappa shape index (κ1) is 15.7. The fraction of sp³-hybridized carbons (Fsp3) is 0.462. The fourth-order valence-electron chi connectivity index (χ4n) is 1.60. The molecule has 1 N–H and O–H groups in total. The second-order valence-corrected chi connectivity index (χ2v) is 6.44. The van der Waals surface area contributed by atoms with Crippen LogP contribution in [0.1, 0.15) is 18.5 Å². The van der Waals surface area contributed by atoms with Gasteiger partial charge in [0.25, 0.3) is 0 Å². The Morgan fingerprint density at radius 2 is 1.95 bits per heavy atom. The molecule has 6 heteroatoms. The number of rotatable bonds is 7. The molecule has 0 spiro atoms. The smallest absolute Gasteiger partial charge is 0.327 e. The average molecular weight is 285 g/mol. The lowest BCUT2D eigenvalue weighted by Crippen LogP contribution is -2.33. The fourth-order valence-corrected chi connectivity index (χ4v) is 2.09. The highest BCUT2D eigenvalue weighted by Gasteiger charge is 2.21. The van der Waals surface area contributed by atoms with Crippen LogP contribution in [0, 0.1) is 0 Å². The molecule has 0 aromatic heterocycles. The van der Waals surface area contributed by atoms with Gasteiger partial charge >= 0.3 is 5.97 Å². The van der Waals surface area contributed by atoms with Gasteiger partial charge in [-0.2, -0.15) is 0 Å². The van der Waals surface area contributed by atoms with Crippen LogP contribution in [0.4, 0.5) is 0 Å². The second kappa shape index (κ2) is 7.25. The minimum Gasteiger partial charge on any atom is -0.465 e. The van der Waals surface area contributed by atoms with Gasteiger partial charge in [-0.15, -0.1) is 0 Å². The van der Waals surface area contributed by atoms with E-state index in [2.05, 4.69) is 5.32 Å². The number of nitrogens with one attached hydrogen (secondary N) is 1. The number of carbonyl (C=O) groups excluding carboxylic acids is 1. The van der Waals surface area contributed by atoms with Crippen LogP contribution in [0.3, 0.4) is 0 Å². The Morgan fingerprint density at radius 3 is 2.47 bits per heavy atom. The minimum atomic E-state index is -3.05. The van der Waals surface area contributed by atoms with Gasteiger partial charge in [0, 0.05) is 12.8 Å². The van der Waals surface area contributed by atoms with E-state index in [-0.39, 0.29) is 18.9 Å². The summed E-state index contributed by atoms with van der Waals surface area (Å²) in [7, 11) is -3.05. The summed E-state index contributed by atoms with van der Waals surface area (Å²) in [6.45, 7) is 2.23. The maximum absolute atomic E-state index is 11.9. The Morgan fingerprint density at radius 1 is 1.32 bits per heavy atom. The third-order valence-electron chi connectivity index (χ3n) is 2.48. The van der Waals surface area contributed by atoms with Gasteiger partial charge in [-0.3, -0.25) is 5.32 Å². The number of benzene rings is 1. The van der Waals surface area contributed by atoms with E-state index in [4.69, 9.17) is 4.74 Å². The molecule has 5 nitrogen and oxygen atoms in total. The predicted octanol–water partition coefficient (Wildman–Crippen LogP) is 0.925. The molecule has 1 atom stereocenters. The Kier molecular flexibility index (Phi) is 5.98. The highest BCUT2D eigenvalue weighted by molar-refractivity contribution is 7.90. The van der Waals surface area contributed by atoms with Crippen molar-refractivity contribution in [1.82, 2.24) is 5.32 Å². The molecule has 1 rings (SSSR count). The zero-order valence-electron chi connectivity index (χ0n) is 11.1. The molecule has 1 aromatic rings. The summed E-state index contributed by atoms with van der Waals surface area (Å²) >= 11 is 0. The predicted molar refractivity (Wildman–Crippen MR) is 73.5 cm³/mol. The molecule has 19 heavy (non-hydrogen) atoms. The molecule has 0 fully saturated rings. The van der Waals surface area contributed by atoms with Crippen LogP contribution in [0.25, 0.3) is 0 Å². The molecule has 1 aromatic carbocycles. The van der Waals surface area contributed by atoms with Crippen molar-refractivity contribution < 1.29 is 17.9 Å². The molecular weight excluding hydrogens is 266 g/mol. The molecule has 0 aliphatic rings. The van der Waals surface area contributed by atoms with E-state index in [1.807, 2.05) is 18.2 Å². The van der Waals surface area contributed by atoms with Crippen molar-refractivity contribution >= 4 is 15.8 Å². The monoisotopic (exact) mass is 285 g/mol. The normalized spacial score (nSPS) is 12.9. The van der Waals surface area contributed by atoms with E-state index in [1.54, 1.807) is 19.1 Å². The Bertz CT molecular complexity index is 499. The first-order valence-corrected chi connectivity index (χ1v) is 8.13. The highest BCUT2D eigenvalue weighted by Crippen LogP contribution is 2.14. The van der Waals surface area contributed by atoms with Gasteiger partial charge in [0.1, 0.15) is 15.9 Å². The maximum Gasteiger partial charge on any atom is 0.327 e. The molecular formula is C13H19NO4S. The quantitative estimate of drug-likeness (QED) is 0.754. The Balaban J connectivity index is 2.73. The second-order valence-electron chi connectivity index (χ2n) is 4.18. The van der Waals surface area contributed by atoms with E-state index < -0.39 is 21.8 Å². The molecule has 0 radical (unpaired) electrons. The van der Waals surface area contributed by atoms with Crippen molar-refractivity contribution in [3.8, 4) is 0 Å². The summed E-state index contributed by atoms with van der Waals surface area (Å²) in [6.07, 6.45) is 1.16. The number of hydrogen-bond donors (Lipinski definition) is 1. The van der Waals surface area contributed by atoms with Crippen molar-refractivity contribution in [1.29, 1.82) is 0 Å². The number of esters is 1. The molecule has 1 unspecified atom stereocenters. The summed E-state index contributed by atoms with van der Waals surface area (Å²) in [5.41, 5.74) is 0.759. The lowest BCUT2D eigenvalue weighted by Gasteiger charge is -2.17. The van der Waals surface area contributed by atoms with Crippen molar-refractivity contribution in [2.45, 2.75) is 13.0 Å². The van der Waals surface area contributed by atoms with E-state index in [9.17, 15) is 13.2 Å². The number of carbonyl (C=O) groups is 1. The lowest BCUT2D eigenvalue weighted by atomic mass is 10.1. The van der Waals surface area contributed by atoms with Crippen LogP contribution >= 0.6 is 0 Å². The van der Waals surface area contributed by atoms with Gasteiger partial charge in [0.05, 0.1) is 12.4 Å². The van der Waals surface area contributed by atoms with E-state index in [0.29, 0.717) is 0 Å². The summed E-state index contributed by atoms with van der Waals surface area (Å²) in [5, 5.41) is 2.92. The molecule has 0 saturated carbocycles. The SMILES string of the molecule is CCOC(=O)C(NCCS(C)(=O)=O)c1ccccc1. The van der Waals surface area contributed by atoms with Crippen molar-refractivity contribution in [2.75, 3.05) is 25.2 Å². The first-order valence-electron chi connectivity index (χ1n) is 6.06. The van der Waals surface area contributed by atoms with Gasteiger partial charge in [0.15, 0.2) is 0 Å². The maximum atomic E-state index is 11.9. The van der Waals surface area contributed by atoms with E-state index in [0.717, 1.165) is 11.8 Å². The van der Waals surface area contributed by atoms with Crippen LogP contribution in [-0.4, -0.2) is 39.5 Å². The molecule has 0 bridgehead atoms. The van der Waals surface area contributed by atoms with Crippen molar-refractivity contribution in [3.05, 3.63) is 35.9 Å². The largest absolute Gasteiger partial charge is 0.465 e. The van der Waals surface area contributed by atoms with Gasteiger partial charge < -0.3 is 4.74 Å². The standard InChI is InChI=1S/C13H19NO4S/c1-3-18-13(15)12(11-7-5-4-6-8-11)14-9-10-19(2,16)17/h4-8,12,14H,3,9-10H2,1-2H3. The number of ether oxygens (including phenoxy) is 1. The topological polar surface area (TPSA) is 72.5 Å². The number of sulfone groups is 1. The molecule has 0 heterocycles. The van der Waals surface area contributed by atoms with Crippen molar-refractivity contribution in [2.24, 2.45) is 0 Å². The van der Waals surface area contributed by atoms with Gasteiger partial charge in [-0.05, 0) is 12.5 Å². The lowest BCUT2D eigenvalue weighted by molar-refractivity contribution is -0.145. The molecule has 106 valence electrons. The van der Waals surface area contributed by atoms with Crippen LogP contribution in [0.2, 0.25) is 0 Å². The van der Waals surface area contributed by atoms with Gasteiger partial charge in [0.2, 0.25) is 0 Å². The Labute approximate surface area is 113 Å². The summed E-state index contributed by atoms with van der Waals surface area (Å²) in [4.78, 5) is 11.9. The van der Waals surface area contributed by atoms with Gasteiger partial charge in [-0.25, -0.2) is 13.2 Å². The third-order valence-corrected chi connectivity index (χ3v) is 3.42. The molecule has 0 aliphatic heterocycles. The van der Waals surface area contributed by atoms with Crippen LogP contribution in [0.5, 0.6) is 0 Å². The summed E-state index contributed by atoms with van der Waals surface area (Å²) < 4.78 is 27.2. The van der Waals surface area contributed by atoms with Gasteiger partial charge in [-0.1, -0.05) is 30.3 Å². The molecule has 0 amide bonds. The van der Waals surface area contributed by atoms with Crippen molar-refractivity contribution in [3.63, 3.8) is 0 Å². The minimum absolute atomic E-state index is 0.0181. The molecule has 0 saturated heterocycles. The Hall–Kier alpha value is -1.40. The summed E-state index contributed by atoms with van der Waals surface area (Å²) in [6, 6.07) is 8.45. The van der Waals surface area contributed by atoms with E-state index in [1.165, 1.54) is 0 Å². The first-order chi connectivity index (χ1) is 8.94. The third kappa shape index (κ3) is 5.85.